The average Bonchev–Trinajstić information content (AvgIpc) is 3.62. The smallest absolute Gasteiger partial charge is 0.00134 e. The molecule has 0 unspecified atom stereocenters. The third-order valence-electron chi connectivity index (χ3n) is 10.9. The molecule has 0 amide bonds. The van der Waals surface area contributed by atoms with Crippen LogP contribution < -0.4 is 0 Å². The Balaban J connectivity index is 1.28. The van der Waals surface area contributed by atoms with Crippen molar-refractivity contribution in [1.29, 1.82) is 0 Å². The molecule has 0 heterocycles. The summed E-state index contributed by atoms with van der Waals surface area (Å²) in [5.41, 5.74) is 18.5. The molecule has 0 heteroatoms. The number of hydrogen-bond acceptors (Lipinski definition) is 0. The lowest BCUT2D eigenvalue weighted by atomic mass is 9.86. The molecule has 0 N–H and O–H groups in total. The topological polar surface area (TPSA) is 0 Å². The van der Waals surface area contributed by atoms with Crippen LogP contribution in [0.2, 0.25) is 0 Å². The zero-order valence-electron chi connectivity index (χ0n) is 25.7. The molecule has 0 fully saturated rings. The van der Waals surface area contributed by atoms with Crippen molar-refractivity contribution in [2.45, 2.75) is 13.8 Å². The highest BCUT2D eigenvalue weighted by Crippen LogP contribution is 2.58. The standard InChI is InChI=1S/C46H28/c1-25-7-11-27(12-8-25)29-15-16-30(28-13-9-26(2)10-14-28)42-40-24-22-38-36-20-18-34-32-6-4-3-5-31(32)33-17-19-35(44(36)43(33)34)37-21-23-39(41(29)42)46(40)45(37)38/h3-24H,1-2H3. The van der Waals surface area contributed by atoms with Crippen LogP contribution in [0.3, 0.4) is 0 Å². The van der Waals surface area contributed by atoms with Crippen molar-refractivity contribution in [2.24, 2.45) is 0 Å². The Kier molecular flexibility index (Phi) is 4.54. The van der Waals surface area contributed by atoms with Gasteiger partial charge in [-0.15, -0.1) is 0 Å². The molecule has 0 nitrogen and oxygen atoms in total. The first-order valence-electron chi connectivity index (χ1n) is 16.3. The molecule has 0 saturated carbocycles. The van der Waals surface area contributed by atoms with Crippen LogP contribution in [0.25, 0.3) is 110 Å². The lowest BCUT2D eigenvalue weighted by Gasteiger charge is -2.17. The first-order valence-corrected chi connectivity index (χ1v) is 16.3. The van der Waals surface area contributed by atoms with Gasteiger partial charge in [0, 0.05) is 0 Å². The van der Waals surface area contributed by atoms with Crippen LogP contribution in [-0.2, 0) is 0 Å². The zero-order chi connectivity index (χ0) is 30.3. The molecule has 0 atom stereocenters. The van der Waals surface area contributed by atoms with Gasteiger partial charge in [0.1, 0.15) is 0 Å². The Labute approximate surface area is 267 Å². The molecule has 0 radical (unpaired) electrons. The van der Waals surface area contributed by atoms with Gasteiger partial charge in [-0.1, -0.05) is 145 Å². The Hall–Kier alpha value is -5.72. The molecule has 0 spiro atoms. The van der Waals surface area contributed by atoms with Gasteiger partial charge in [-0.2, -0.15) is 0 Å². The van der Waals surface area contributed by atoms with Gasteiger partial charge < -0.3 is 0 Å². The highest BCUT2D eigenvalue weighted by Gasteiger charge is 2.31. The van der Waals surface area contributed by atoms with Crippen LogP contribution in [-0.4, -0.2) is 0 Å². The van der Waals surface area contributed by atoms with Crippen LogP contribution in [0.15, 0.2) is 133 Å². The molecular weight excluding hydrogens is 553 g/mol. The molecule has 212 valence electrons. The minimum atomic E-state index is 1.27. The highest BCUT2D eigenvalue weighted by molar-refractivity contribution is 6.40. The zero-order valence-corrected chi connectivity index (χ0v) is 25.7. The minimum absolute atomic E-state index is 1.27. The number of rotatable bonds is 2. The molecule has 2 aliphatic carbocycles. The fraction of sp³-hybridized carbons (Fsp3) is 0.0435. The van der Waals surface area contributed by atoms with Gasteiger partial charge in [0.15, 0.2) is 0 Å². The number of benzene rings is 9. The summed E-state index contributed by atoms with van der Waals surface area (Å²) in [6, 6.07) is 50.8. The average molecular weight is 581 g/mol. The molecule has 0 bridgehead atoms. The largest absolute Gasteiger partial charge is 0.0616 e. The normalized spacial score (nSPS) is 12.6. The molecule has 0 aliphatic heterocycles. The third kappa shape index (κ3) is 2.95. The van der Waals surface area contributed by atoms with E-state index in [9.17, 15) is 0 Å². The Bertz CT molecular complexity index is 2590. The van der Waals surface area contributed by atoms with Crippen molar-refractivity contribution in [2.75, 3.05) is 0 Å². The second-order valence-electron chi connectivity index (χ2n) is 13.3. The van der Waals surface area contributed by atoms with Gasteiger partial charge in [-0.25, -0.2) is 0 Å². The van der Waals surface area contributed by atoms with Crippen molar-refractivity contribution in [3.63, 3.8) is 0 Å². The van der Waals surface area contributed by atoms with E-state index >= 15 is 0 Å². The van der Waals surface area contributed by atoms with Gasteiger partial charge in [0.2, 0.25) is 0 Å². The summed E-state index contributed by atoms with van der Waals surface area (Å²) < 4.78 is 0. The predicted molar refractivity (Wildman–Crippen MR) is 197 cm³/mol. The van der Waals surface area contributed by atoms with Crippen LogP contribution >= 0.6 is 0 Å². The quantitative estimate of drug-likeness (QED) is 0.141. The summed E-state index contributed by atoms with van der Waals surface area (Å²) in [5.74, 6) is 0. The molecule has 9 aromatic carbocycles. The van der Waals surface area contributed by atoms with Crippen molar-refractivity contribution >= 4 is 43.1 Å². The van der Waals surface area contributed by atoms with E-state index in [1.807, 2.05) is 0 Å². The minimum Gasteiger partial charge on any atom is -0.0616 e. The lowest BCUT2D eigenvalue weighted by Crippen LogP contribution is -1.90. The van der Waals surface area contributed by atoms with Crippen molar-refractivity contribution in [3.8, 4) is 66.8 Å². The lowest BCUT2D eigenvalue weighted by molar-refractivity contribution is 1.46. The third-order valence-corrected chi connectivity index (χ3v) is 10.9. The van der Waals surface area contributed by atoms with E-state index in [1.165, 1.54) is 121 Å². The highest BCUT2D eigenvalue weighted by atomic mass is 14.3. The summed E-state index contributed by atoms with van der Waals surface area (Å²) in [7, 11) is 0. The molecule has 0 saturated heterocycles. The summed E-state index contributed by atoms with van der Waals surface area (Å²) >= 11 is 0. The van der Waals surface area contributed by atoms with Crippen LogP contribution in [0.4, 0.5) is 0 Å². The van der Waals surface area contributed by atoms with E-state index in [0.717, 1.165) is 0 Å². The molecule has 11 rings (SSSR count). The van der Waals surface area contributed by atoms with Gasteiger partial charge in [0.25, 0.3) is 0 Å². The molecule has 0 aromatic heterocycles. The summed E-state index contributed by atoms with van der Waals surface area (Å²) in [6.45, 7) is 4.33. The monoisotopic (exact) mass is 580 g/mol. The predicted octanol–water partition coefficient (Wildman–Crippen LogP) is 13.0. The van der Waals surface area contributed by atoms with E-state index in [2.05, 4.69) is 147 Å². The fourth-order valence-electron chi connectivity index (χ4n) is 8.82. The van der Waals surface area contributed by atoms with Crippen molar-refractivity contribution in [3.05, 3.63) is 145 Å². The fourth-order valence-corrected chi connectivity index (χ4v) is 8.82. The van der Waals surface area contributed by atoms with Crippen molar-refractivity contribution in [1.82, 2.24) is 0 Å². The van der Waals surface area contributed by atoms with Gasteiger partial charge >= 0.3 is 0 Å². The first-order chi connectivity index (χ1) is 22.7. The SMILES string of the molecule is Cc1ccc(-c2ccc(-c3ccc(C)cc3)c3c2-c2ccc4c5ccc6c7c(ccc(c8ccc-3c2c48)c75)-c2ccccc2-6)cc1. The van der Waals surface area contributed by atoms with Crippen LogP contribution in [0.1, 0.15) is 11.1 Å². The maximum absolute atomic E-state index is 2.41. The van der Waals surface area contributed by atoms with E-state index in [1.54, 1.807) is 0 Å². The van der Waals surface area contributed by atoms with Crippen LogP contribution in [0, 0.1) is 13.8 Å². The Morgan fingerprint density at radius 3 is 1.02 bits per heavy atom. The maximum Gasteiger partial charge on any atom is -0.00134 e. The van der Waals surface area contributed by atoms with Crippen LogP contribution in [0.5, 0.6) is 0 Å². The summed E-state index contributed by atoms with van der Waals surface area (Å²) in [6.07, 6.45) is 0. The first kappa shape index (κ1) is 24.6. The van der Waals surface area contributed by atoms with E-state index in [0.29, 0.717) is 0 Å². The second kappa shape index (κ2) is 8.50. The molecular formula is C46H28. The summed E-state index contributed by atoms with van der Waals surface area (Å²) in [4.78, 5) is 0. The van der Waals surface area contributed by atoms with E-state index in [4.69, 9.17) is 0 Å². The van der Waals surface area contributed by atoms with Crippen molar-refractivity contribution < 1.29 is 0 Å². The molecule has 9 aromatic rings. The van der Waals surface area contributed by atoms with E-state index in [-0.39, 0.29) is 0 Å². The van der Waals surface area contributed by atoms with Gasteiger partial charge in [0.05, 0.1) is 0 Å². The molecule has 46 heavy (non-hydrogen) atoms. The number of fused-ring (bicyclic) bond motifs is 8. The maximum atomic E-state index is 2.41. The second-order valence-corrected chi connectivity index (χ2v) is 13.3. The Morgan fingerprint density at radius 1 is 0.261 bits per heavy atom. The summed E-state index contributed by atoms with van der Waals surface area (Å²) in [5, 5.41) is 11.0. The number of hydrogen-bond donors (Lipinski definition) is 0. The van der Waals surface area contributed by atoms with Gasteiger partial charge in [-0.05, 0) is 124 Å². The Morgan fingerprint density at radius 2 is 0.609 bits per heavy atom. The number of aryl methyl sites for hydroxylation is 2. The van der Waals surface area contributed by atoms with Gasteiger partial charge in [-0.3, -0.25) is 0 Å². The molecule has 2 aliphatic rings. The van der Waals surface area contributed by atoms with E-state index < -0.39 is 0 Å².